The van der Waals surface area contributed by atoms with Crippen LogP contribution in [0.25, 0.3) is 11.3 Å². The Morgan fingerprint density at radius 2 is 2.00 bits per heavy atom. The molecule has 0 spiro atoms. The molecule has 0 saturated carbocycles. The quantitative estimate of drug-likeness (QED) is 0.633. The third-order valence-electron chi connectivity index (χ3n) is 5.91. The van der Waals surface area contributed by atoms with Gasteiger partial charge in [-0.2, -0.15) is 10.2 Å². The second kappa shape index (κ2) is 9.43. The molecule has 31 heavy (non-hydrogen) atoms. The maximum Gasteiger partial charge on any atom is 0.222 e. The van der Waals surface area contributed by atoms with E-state index < -0.39 is 0 Å². The number of aryl methyl sites for hydroxylation is 1. The normalized spacial score (nSPS) is 16.4. The summed E-state index contributed by atoms with van der Waals surface area (Å²) in [6.45, 7) is 4.67. The topological polar surface area (TPSA) is 68.0 Å². The zero-order chi connectivity index (χ0) is 21.8. The van der Waals surface area contributed by atoms with Gasteiger partial charge in [0.1, 0.15) is 5.82 Å². The number of piperidine rings is 1. The zero-order valence-electron chi connectivity index (χ0n) is 18.0. The highest BCUT2D eigenvalue weighted by Crippen LogP contribution is 2.21. The Morgan fingerprint density at radius 3 is 2.68 bits per heavy atom. The Hall–Kier alpha value is -3.00. The van der Waals surface area contributed by atoms with Gasteiger partial charge in [0, 0.05) is 57.1 Å². The molecule has 4 rings (SSSR count). The molecule has 1 unspecified atom stereocenters. The summed E-state index contributed by atoms with van der Waals surface area (Å²) in [6.07, 6.45) is 5.92. The highest BCUT2D eigenvalue weighted by Gasteiger charge is 2.22. The fraction of sp³-hybridized carbons (Fsp3) is 0.435. The number of likely N-dealkylation sites (tertiary alicyclic amines) is 1. The van der Waals surface area contributed by atoms with Crippen LogP contribution in [-0.2, 0) is 18.4 Å². The largest absolute Gasteiger partial charge is 0.353 e. The van der Waals surface area contributed by atoms with E-state index in [1.165, 1.54) is 12.1 Å². The van der Waals surface area contributed by atoms with Crippen molar-refractivity contribution in [2.75, 3.05) is 13.1 Å². The van der Waals surface area contributed by atoms with E-state index in [2.05, 4.69) is 26.5 Å². The minimum absolute atomic E-state index is 0.0511. The van der Waals surface area contributed by atoms with Gasteiger partial charge in [0.05, 0.1) is 17.4 Å². The average molecular weight is 425 g/mol. The van der Waals surface area contributed by atoms with Gasteiger partial charge in [-0.25, -0.2) is 4.39 Å². The minimum atomic E-state index is -0.245. The average Bonchev–Trinajstić information content (AvgIpc) is 3.41. The van der Waals surface area contributed by atoms with E-state index in [1.807, 2.05) is 35.6 Å². The lowest BCUT2D eigenvalue weighted by Crippen LogP contribution is -2.44. The van der Waals surface area contributed by atoms with Gasteiger partial charge < -0.3 is 5.32 Å². The van der Waals surface area contributed by atoms with Crippen LogP contribution < -0.4 is 5.32 Å². The first-order valence-corrected chi connectivity index (χ1v) is 10.8. The lowest BCUT2D eigenvalue weighted by Gasteiger charge is -2.32. The highest BCUT2D eigenvalue weighted by atomic mass is 19.1. The molecular formula is C23H29FN6O. The fourth-order valence-corrected chi connectivity index (χ4v) is 4.07. The number of carbonyl (C=O) groups is 1. The molecule has 1 fully saturated rings. The smallest absolute Gasteiger partial charge is 0.222 e. The summed E-state index contributed by atoms with van der Waals surface area (Å²) >= 11 is 0. The molecule has 1 N–H and O–H groups in total. The number of benzene rings is 1. The number of aromatic nitrogens is 4. The summed E-state index contributed by atoms with van der Waals surface area (Å²) in [5.74, 6) is -0.164. The molecule has 3 heterocycles. The summed E-state index contributed by atoms with van der Waals surface area (Å²) in [7, 11) is 1.94. The van der Waals surface area contributed by atoms with Gasteiger partial charge in [-0.15, -0.1) is 0 Å². The molecule has 0 radical (unpaired) electrons. The van der Waals surface area contributed by atoms with Gasteiger partial charge in [0.15, 0.2) is 0 Å². The molecule has 1 aliphatic heterocycles. The third-order valence-corrected chi connectivity index (χ3v) is 5.91. The van der Waals surface area contributed by atoms with Crippen molar-refractivity contribution in [2.45, 2.75) is 44.8 Å². The van der Waals surface area contributed by atoms with Crippen LogP contribution >= 0.6 is 0 Å². The molecule has 1 aliphatic rings. The Balaban J connectivity index is 1.26. The van der Waals surface area contributed by atoms with Crippen molar-refractivity contribution in [3.05, 3.63) is 60.3 Å². The SMILES string of the molecule is CC(CC(=O)NC1CCN(Cc2cc(-c3ccc(F)cc3)nn2C)CC1)n1cccn1. The van der Waals surface area contributed by atoms with Crippen LogP contribution in [0.15, 0.2) is 48.8 Å². The minimum Gasteiger partial charge on any atom is -0.353 e. The molecule has 164 valence electrons. The second-order valence-corrected chi connectivity index (χ2v) is 8.31. The van der Waals surface area contributed by atoms with Crippen LogP contribution in [0, 0.1) is 5.82 Å². The van der Waals surface area contributed by atoms with Gasteiger partial charge in [-0.05, 0) is 56.2 Å². The van der Waals surface area contributed by atoms with Crippen LogP contribution in [-0.4, -0.2) is 49.5 Å². The van der Waals surface area contributed by atoms with Crippen molar-refractivity contribution in [1.82, 2.24) is 29.8 Å². The van der Waals surface area contributed by atoms with Crippen LogP contribution in [0.2, 0.25) is 0 Å². The van der Waals surface area contributed by atoms with Gasteiger partial charge in [-0.1, -0.05) is 0 Å². The van der Waals surface area contributed by atoms with E-state index >= 15 is 0 Å². The second-order valence-electron chi connectivity index (χ2n) is 8.31. The predicted octanol–water partition coefficient (Wildman–Crippen LogP) is 3.15. The molecule has 2 aromatic heterocycles. The Bertz CT molecular complexity index is 990. The molecule has 0 bridgehead atoms. The Labute approximate surface area is 181 Å². The number of amides is 1. The summed E-state index contributed by atoms with van der Waals surface area (Å²) in [6, 6.07) is 10.6. The lowest BCUT2D eigenvalue weighted by molar-refractivity contribution is -0.122. The summed E-state index contributed by atoms with van der Waals surface area (Å²) in [5, 5.41) is 12.0. The number of nitrogens with zero attached hydrogens (tertiary/aromatic N) is 5. The van der Waals surface area contributed by atoms with Crippen LogP contribution in [0.4, 0.5) is 4.39 Å². The van der Waals surface area contributed by atoms with Crippen LogP contribution in [0.5, 0.6) is 0 Å². The number of hydrogen-bond acceptors (Lipinski definition) is 4. The van der Waals surface area contributed by atoms with Crippen molar-refractivity contribution in [3.63, 3.8) is 0 Å². The monoisotopic (exact) mass is 424 g/mol. The van der Waals surface area contributed by atoms with Gasteiger partial charge in [0.25, 0.3) is 0 Å². The standard InChI is InChI=1S/C23H29FN6O/c1-17(30-11-3-10-25-30)14-23(31)26-20-8-12-29(13-9-20)16-21-15-22(27-28(21)2)18-4-6-19(24)7-5-18/h3-7,10-11,15,17,20H,8-9,12-14,16H2,1-2H3,(H,26,31). The molecular weight excluding hydrogens is 395 g/mol. The van der Waals surface area contributed by atoms with E-state index in [4.69, 9.17) is 0 Å². The number of hydrogen-bond donors (Lipinski definition) is 1. The number of rotatable bonds is 7. The first-order valence-electron chi connectivity index (χ1n) is 10.8. The lowest BCUT2D eigenvalue weighted by atomic mass is 10.0. The van der Waals surface area contributed by atoms with Crippen molar-refractivity contribution in [3.8, 4) is 11.3 Å². The summed E-state index contributed by atoms with van der Waals surface area (Å²) < 4.78 is 16.9. The predicted molar refractivity (Wildman–Crippen MR) is 117 cm³/mol. The van der Waals surface area contributed by atoms with Crippen LogP contribution in [0.3, 0.4) is 0 Å². The molecule has 1 atom stereocenters. The molecule has 3 aromatic rings. The molecule has 0 aliphatic carbocycles. The molecule has 1 saturated heterocycles. The van der Waals surface area contributed by atoms with Crippen LogP contribution in [0.1, 0.15) is 37.9 Å². The van der Waals surface area contributed by atoms with Crippen molar-refractivity contribution < 1.29 is 9.18 Å². The fourth-order valence-electron chi connectivity index (χ4n) is 4.07. The molecule has 7 nitrogen and oxygen atoms in total. The molecule has 1 aromatic carbocycles. The number of halogens is 1. The van der Waals surface area contributed by atoms with E-state index in [1.54, 1.807) is 18.3 Å². The van der Waals surface area contributed by atoms with E-state index in [-0.39, 0.29) is 23.8 Å². The van der Waals surface area contributed by atoms with E-state index in [0.29, 0.717) is 6.42 Å². The molecule has 8 heteroatoms. The Morgan fingerprint density at radius 1 is 1.26 bits per heavy atom. The third kappa shape index (κ3) is 5.38. The molecule has 1 amide bonds. The van der Waals surface area contributed by atoms with Gasteiger partial charge >= 0.3 is 0 Å². The highest BCUT2D eigenvalue weighted by molar-refractivity contribution is 5.76. The van der Waals surface area contributed by atoms with E-state index in [0.717, 1.165) is 49.4 Å². The maximum atomic E-state index is 13.2. The van der Waals surface area contributed by atoms with E-state index in [9.17, 15) is 9.18 Å². The number of carbonyl (C=O) groups excluding carboxylic acids is 1. The summed E-state index contributed by atoms with van der Waals surface area (Å²) in [4.78, 5) is 14.8. The zero-order valence-corrected chi connectivity index (χ0v) is 18.0. The summed E-state index contributed by atoms with van der Waals surface area (Å²) in [5.41, 5.74) is 2.88. The first kappa shape index (κ1) is 21.2. The van der Waals surface area contributed by atoms with Crippen molar-refractivity contribution in [1.29, 1.82) is 0 Å². The van der Waals surface area contributed by atoms with Gasteiger partial charge in [0.2, 0.25) is 5.91 Å². The van der Waals surface area contributed by atoms with Crippen molar-refractivity contribution in [2.24, 2.45) is 7.05 Å². The number of nitrogens with one attached hydrogen (secondary N) is 1. The van der Waals surface area contributed by atoms with Gasteiger partial charge in [-0.3, -0.25) is 19.1 Å². The first-order chi connectivity index (χ1) is 15.0. The maximum absolute atomic E-state index is 13.2. The van der Waals surface area contributed by atoms with Crippen molar-refractivity contribution >= 4 is 5.91 Å². The Kier molecular flexibility index (Phi) is 6.46.